The number of furan rings is 1. The van der Waals surface area contributed by atoms with E-state index < -0.39 is 12.0 Å². The maximum absolute atomic E-state index is 12.2. The molecule has 140 valence electrons. The number of hydrogen-bond donors (Lipinski definition) is 3. The Bertz CT molecular complexity index is 767. The first-order valence-corrected chi connectivity index (χ1v) is 8.25. The lowest BCUT2D eigenvalue weighted by Gasteiger charge is -2.13. The highest BCUT2D eigenvalue weighted by Gasteiger charge is 2.29. The summed E-state index contributed by atoms with van der Waals surface area (Å²) in [6.07, 6.45) is 2.24. The molecule has 1 fully saturated rings. The van der Waals surface area contributed by atoms with Crippen LogP contribution in [-0.4, -0.2) is 30.6 Å². The molecule has 2 atom stereocenters. The molecule has 26 heavy (non-hydrogen) atoms. The lowest BCUT2D eigenvalue weighted by Crippen LogP contribution is -2.29. The summed E-state index contributed by atoms with van der Waals surface area (Å²) >= 11 is 6.18. The third-order valence-electron chi connectivity index (χ3n) is 3.89. The van der Waals surface area contributed by atoms with Crippen LogP contribution in [0.4, 0.5) is 11.4 Å². The van der Waals surface area contributed by atoms with Gasteiger partial charge in [-0.1, -0.05) is 11.6 Å². The number of benzene rings is 1. The molecule has 1 aromatic heterocycles. The molecular formula is C17H19Cl2N3O4. The second-order valence-electron chi connectivity index (χ2n) is 5.68. The van der Waals surface area contributed by atoms with Gasteiger partial charge in [0, 0.05) is 12.2 Å². The maximum atomic E-state index is 12.2. The van der Waals surface area contributed by atoms with Crippen molar-refractivity contribution in [1.29, 1.82) is 0 Å². The molecule has 2 heterocycles. The summed E-state index contributed by atoms with van der Waals surface area (Å²) in [5, 5.41) is 5.70. The zero-order chi connectivity index (χ0) is 17.8. The fourth-order valence-electron chi connectivity index (χ4n) is 2.58. The van der Waals surface area contributed by atoms with E-state index >= 15 is 0 Å². The van der Waals surface area contributed by atoms with Crippen molar-refractivity contribution in [2.75, 3.05) is 17.2 Å². The minimum atomic E-state index is -0.509. The van der Waals surface area contributed by atoms with Gasteiger partial charge in [-0.2, -0.15) is 0 Å². The highest BCUT2D eigenvalue weighted by atomic mass is 35.5. The summed E-state index contributed by atoms with van der Waals surface area (Å²) in [5.74, 6) is -0.462. The Morgan fingerprint density at radius 1 is 1.23 bits per heavy atom. The number of rotatable bonds is 5. The van der Waals surface area contributed by atoms with E-state index in [9.17, 15) is 9.59 Å². The molecule has 1 aliphatic heterocycles. The van der Waals surface area contributed by atoms with Crippen molar-refractivity contribution in [1.82, 2.24) is 0 Å². The predicted molar refractivity (Wildman–Crippen MR) is 101 cm³/mol. The maximum Gasteiger partial charge on any atom is 0.291 e. The molecular weight excluding hydrogens is 381 g/mol. The number of nitrogens with one attached hydrogen (secondary N) is 2. The van der Waals surface area contributed by atoms with Crippen molar-refractivity contribution in [2.24, 2.45) is 5.73 Å². The molecule has 7 nitrogen and oxygen atoms in total. The highest BCUT2D eigenvalue weighted by Crippen LogP contribution is 2.27. The van der Waals surface area contributed by atoms with Crippen LogP contribution in [0, 0.1) is 0 Å². The van der Waals surface area contributed by atoms with Crippen molar-refractivity contribution in [3.05, 3.63) is 47.4 Å². The minimum absolute atomic E-state index is 0. The Morgan fingerprint density at radius 3 is 2.65 bits per heavy atom. The zero-order valence-electron chi connectivity index (χ0n) is 13.7. The van der Waals surface area contributed by atoms with E-state index in [1.165, 1.54) is 6.26 Å². The Labute approximate surface area is 161 Å². The largest absolute Gasteiger partial charge is 0.459 e. The third-order valence-corrected chi connectivity index (χ3v) is 4.21. The van der Waals surface area contributed by atoms with Crippen LogP contribution in [0.3, 0.4) is 0 Å². The van der Waals surface area contributed by atoms with Crippen LogP contribution in [0.25, 0.3) is 0 Å². The van der Waals surface area contributed by atoms with Gasteiger partial charge in [0.25, 0.3) is 11.8 Å². The van der Waals surface area contributed by atoms with E-state index in [0.717, 1.165) is 6.42 Å². The van der Waals surface area contributed by atoms with E-state index in [0.29, 0.717) is 29.4 Å². The van der Waals surface area contributed by atoms with E-state index in [-0.39, 0.29) is 30.2 Å². The van der Waals surface area contributed by atoms with E-state index in [4.69, 9.17) is 26.5 Å². The van der Waals surface area contributed by atoms with E-state index in [1.807, 2.05) is 0 Å². The molecule has 9 heteroatoms. The van der Waals surface area contributed by atoms with Crippen molar-refractivity contribution in [3.63, 3.8) is 0 Å². The summed E-state index contributed by atoms with van der Waals surface area (Å²) in [5.41, 5.74) is 6.48. The lowest BCUT2D eigenvalue weighted by molar-refractivity contribution is -0.126. The van der Waals surface area contributed by atoms with Gasteiger partial charge in [0.1, 0.15) is 6.10 Å². The summed E-state index contributed by atoms with van der Waals surface area (Å²) in [6, 6.07) is 7.99. The Kier molecular flexibility index (Phi) is 7.05. The number of carbonyl (C=O) groups excluding carboxylic acids is 2. The second-order valence-corrected chi connectivity index (χ2v) is 6.08. The standard InChI is InChI=1S/C17H18ClN3O4.ClH/c18-12-8-10(20-17(23)15-6-4-11(9-19)25-15)3-5-13(12)21-16(22)14-2-1-7-24-14;/h1-3,5,7-8,11,15H,4,6,9,19H2,(H,20,23)(H,21,22);1H/t11-,15+;/m1./s1. The summed E-state index contributed by atoms with van der Waals surface area (Å²) in [7, 11) is 0. The molecule has 2 amide bonds. The molecule has 4 N–H and O–H groups in total. The number of anilines is 2. The number of hydrogen-bond acceptors (Lipinski definition) is 5. The molecule has 0 spiro atoms. The van der Waals surface area contributed by atoms with Crippen LogP contribution in [-0.2, 0) is 9.53 Å². The molecule has 0 saturated carbocycles. The molecule has 0 radical (unpaired) electrons. The Morgan fingerprint density at radius 2 is 2.04 bits per heavy atom. The van der Waals surface area contributed by atoms with Gasteiger partial charge in [-0.25, -0.2) is 0 Å². The first kappa shape index (κ1) is 20.3. The zero-order valence-corrected chi connectivity index (χ0v) is 15.3. The quantitative estimate of drug-likeness (QED) is 0.715. The monoisotopic (exact) mass is 399 g/mol. The van der Waals surface area contributed by atoms with Gasteiger partial charge < -0.3 is 25.5 Å². The number of amides is 2. The number of carbonyl (C=O) groups is 2. The van der Waals surface area contributed by atoms with Gasteiger partial charge in [0.15, 0.2) is 5.76 Å². The van der Waals surface area contributed by atoms with Crippen LogP contribution in [0.1, 0.15) is 23.4 Å². The third kappa shape index (κ3) is 4.76. The number of halogens is 2. The summed E-state index contributed by atoms with van der Waals surface area (Å²) in [4.78, 5) is 24.2. The van der Waals surface area contributed by atoms with Gasteiger partial charge in [-0.15, -0.1) is 12.4 Å². The Hall–Kier alpha value is -2.06. The van der Waals surface area contributed by atoms with Gasteiger partial charge >= 0.3 is 0 Å². The van der Waals surface area contributed by atoms with E-state index in [1.54, 1.807) is 30.3 Å². The molecule has 0 aliphatic carbocycles. The average Bonchev–Trinajstić information content (AvgIpc) is 3.28. The van der Waals surface area contributed by atoms with Crippen LogP contribution in [0.15, 0.2) is 41.0 Å². The minimum Gasteiger partial charge on any atom is -0.459 e. The SMILES string of the molecule is Cl.NC[C@H]1CC[C@@H](C(=O)Nc2ccc(NC(=O)c3ccco3)c(Cl)c2)O1. The van der Waals surface area contributed by atoms with Crippen molar-refractivity contribution in [2.45, 2.75) is 25.0 Å². The smallest absolute Gasteiger partial charge is 0.291 e. The average molecular weight is 400 g/mol. The van der Waals surface area contributed by atoms with Gasteiger partial charge in [-0.3, -0.25) is 9.59 Å². The van der Waals surface area contributed by atoms with Crippen LogP contribution in [0.5, 0.6) is 0 Å². The number of nitrogens with two attached hydrogens (primary N) is 1. The topological polar surface area (TPSA) is 107 Å². The van der Waals surface area contributed by atoms with Crippen LogP contribution < -0.4 is 16.4 Å². The molecule has 0 unspecified atom stereocenters. The molecule has 0 bridgehead atoms. The van der Waals surface area contributed by atoms with Crippen molar-refractivity contribution in [3.8, 4) is 0 Å². The first-order chi connectivity index (χ1) is 12.1. The first-order valence-electron chi connectivity index (χ1n) is 7.87. The van der Waals surface area contributed by atoms with Gasteiger partial charge in [0.2, 0.25) is 0 Å². The van der Waals surface area contributed by atoms with Crippen molar-refractivity contribution >= 4 is 47.2 Å². The second kappa shape index (κ2) is 9.05. The molecule has 1 aliphatic rings. The molecule has 1 saturated heterocycles. The predicted octanol–water partition coefficient (Wildman–Crippen LogP) is 3.05. The molecule has 1 aromatic carbocycles. The van der Waals surface area contributed by atoms with Gasteiger partial charge in [0.05, 0.1) is 23.1 Å². The number of ether oxygens (including phenoxy) is 1. The van der Waals surface area contributed by atoms with Gasteiger partial charge in [-0.05, 0) is 43.2 Å². The van der Waals surface area contributed by atoms with Crippen LogP contribution in [0.2, 0.25) is 5.02 Å². The Balaban J connectivity index is 0.00000243. The molecule has 2 aromatic rings. The highest BCUT2D eigenvalue weighted by molar-refractivity contribution is 6.34. The summed E-state index contributed by atoms with van der Waals surface area (Å²) < 4.78 is 10.6. The fraction of sp³-hybridized carbons (Fsp3) is 0.294. The normalized spacial score (nSPS) is 18.8. The lowest BCUT2D eigenvalue weighted by atomic mass is 10.2. The molecule has 3 rings (SSSR count). The summed E-state index contributed by atoms with van der Waals surface area (Å²) in [6.45, 7) is 0.402. The van der Waals surface area contributed by atoms with E-state index in [2.05, 4.69) is 10.6 Å². The fourth-order valence-corrected chi connectivity index (χ4v) is 2.81. The van der Waals surface area contributed by atoms with Crippen LogP contribution >= 0.6 is 24.0 Å². The van der Waals surface area contributed by atoms with Crippen molar-refractivity contribution < 1.29 is 18.7 Å².